The highest BCUT2D eigenvalue weighted by Gasteiger charge is 2.20. The van der Waals surface area contributed by atoms with Crippen molar-refractivity contribution < 1.29 is 24.5 Å². The molecule has 2 unspecified atom stereocenters. The molecule has 87 heavy (non-hydrogen) atoms. The van der Waals surface area contributed by atoms with Gasteiger partial charge in [0.2, 0.25) is 5.91 Å². The summed E-state index contributed by atoms with van der Waals surface area (Å²) in [6.07, 6.45) is 98.6. The molecular weight excluding hydrogens is 1070 g/mol. The molecule has 0 spiro atoms. The van der Waals surface area contributed by atoms with Crippen molar-refractivity contribution in [3.8, 4) is 0 Å². The summed E-state index contributed by atoms with van der Waals surface area (Å²) in [6, 6.07) is -0.537. The summed E-state index contributed by atoms with van der Waals surface area (Å²) in [4.78, 5) is 24.6. The Bertz CT molecular complexity index is 1360. The van der Waals surface area contributed by atoms with Gasteiger partial charge in [-0.1, -0.05) is 391 Å². The fourth-order valence-corrected chi connectivity index (χ4v) is 12.9. The first-order valence-corrected chi connectivity index (χ1v) is 40.1. The first kappa shape index (κ1) is 85.3. The molecule has 0 saturated heterocycles. The van der Waals surface area contributed by atoms with Gasteiger partial charge in [0.1, 0.15) is 0 Å². The van der Waals surface area contributed by atoms with Gasteiger partial charge in [-0.3, -0.25) is 9.59 Å². The van der Waals surface area contributed by atoms with Gasteiger partial charge in [0.15, 0.2) is 0 Å². The summed E-state index contributed by atoms with van der Waals surface area (Å²) in [5.41, 5.74) is 0. The van der Waals surface area contributed by atoms with E-state index in [2.05, 4.69) is 43.5 Å². The van der Waals surface area contributed by atoms with Gasteiger partial charge < -0.3 is 20.3 Å². The molecule has 6 nitrogen and oxygen atoms in total. The molecule has 0 rings (SSSR count). The molecule has 0 aromatic heterocycles. The number of hydrogen-bond acceptors (Lipinski definition) is 5. The number of aliphatic hydroxyl groups excluding tert-OH is 2. The molecule has 0 aromatic rings. The van der Waals surface area contributed by atoms with E-state index in [1.807, 2.05) is 0 Å². The van der Waals surface area contributed by atoms with Crippen LogP contribution < -0.4 is 5.32 Å². The Morgan fingerprint density at radius 2 is 0.540 bits per heavy atom. The normalized spacial score (nSPS) is 12.6. The third kappa shape index (κ3) is 73.3. The van der Waals surface area contributed by atoms with Crippen LogP contribution in [-0.2, 0) is 14.3 Å². The second kappa shape index (κ2) is 76.8. The van der Waals surface area contributed by atoms with Crippen LogP contribution in [0.15, 0.2) is 24.3 Å². The zero-order chi connectivity index (χ0) is 62.8. The third-order valence-corrected chi connectivity index (χ3v) is 19.0. The molecule has 0 radical (unpaired) electrons. The highest BCUT2D eigenvalue weighted by Crippen LogP contribution is 2.20. The molecule has 0 saturated carbocycles. The van der Waals surface area contributed by atoms with E-state index in [0.717, 1.165) is 38.5 Å². The van der Waals surface area contributed by atoms with Crippen LogP contribution in [0, 0.1) is 0 Å². The fourth-order valence-electron chi connectivity index (χ4n) is 12.9. The highest BCUT2D eigenvalue weighted by molar-refractivity contribution is 5.76. The van der Waals surface area contributed by atoms with Gasteiger partial charge in [-0.2, -0.15) is 0 Å². The van der Waals surface area contributed by atoms with E-state index < -0.39 is 12.1 Å². The molecule has 0 bridgehead atoms. The lowest BCUT2D eigenvalue weighted by Gasteiger charge is -2.22. The molecule has 516 valence electrons. The standard InChI is InChI=1S/C81H157NO5/c1-3-5-7-9-11-13-15-17-18-19-41-45-48-51-55-59-63-67-71-75-81(86)87-76-72-68-64-60-56-52-49-46-43-40-38-36-34-32-30-28-26-24-22-20-21-23-25-27-29-31-33-35-37-39-42-44-47-50-54-58-62-66-70-74-80(85)82-78(77-83)79(84)73-69-65-61-57-53-16-14-12-10-8-6-4-2/h17-18,20-21,78-79,83-84H,3-16,19,22-77H2,1-2H3,(H,82,85)/b18-17-,21-20-. The molecule has 0 fully saturated rings. The molecule has 0 aliphatic rings. The second-order valence-electron chi connectivity index (χ2n) is 27.7. The van der Waals surface area contributed by atoms with Crippen LogP contribution in [0.25, 0.3) is 0 Å². The number of amides is 1. The second-order valence-corrected chi connectivity index (χ2v) is 27.7. The van der Waals surface area contributed by atoms with Crippen molar-refractivity contribution in [3.05, 3.63) is 24.3 Å². The Balaban J connectivity index is 3.29. The van der Waals surface area contributed by atoms with Crippen LogP contribution in [0.5, 0.6) is 0 Å². The molecule has 0 heterocycles. The minimum absolute atomic E-state index is 0.0230. The van der Waals surface area contributed by atoms with Crippen molar-refractivity contribution in [2.24, 2.45) is 0 Å². The van der Waals surface area contributed by atoms with Crippen molar-refractivity contribution in [1.29, 1.82) is 0 Å². The minimum Gasteiger partial charge on any atom is -0.466 e. The number of ether oxygens (including phenoxy) is 1. The monoisotopic (exact) mass is 1220 g/mol. The summed E-state index contributed by atoms with van der Waals surface area (Å²) in [7, 11) is 0. The van der Waals surface area contributed by atoms with Crippen LogP contribution in [-0.4, -0.2) is 47.4 Å². The number of aliphatic hydroxyl groups is 2. The van der Waals surface area contributed by atoms with E-state index in [1.54, 1.807) is 0 Å². The molecule has 3 N–H and O–H groups in total. The molecule has 6 heteroatoms. The number of carbonyl (C=O) groups excluding carboxylic acids is 2. The van der Waals surface area contributed by atoms with Gasteiger partial charge in [0.05, 0.1) is 25.4 Å². The first-order chi connectivity index (χ1) is 43.0. The van der Waals surface area contributed by atoms with Gasteiger partial charge in [0.25, 0.3) is 0 Å². The summed E-state index contributed by atoms with van der Waals surface area (Å²) in [5.74, 6) is -0.00554. The van der Waals surface area contributed by atoms with E-state index in [0.29, 0.717) is 25.9 Å². The number of nitrogens with one attached hydrogen (secondary N) is 1. The smallest absolute Gasteiger partial charge is 0.305 e. The van der Waals surface area contributed by atoms with Crippen LogP contribution in [0.1, 0.15) is 457 Å². The zero-order valence-corrected chi connectivity index (χ0v) is 59.3. The Kier molecular flexibility index (Phi) is 75.3. The van der Waals surface area contributed by atoms with Crippen molar-refractivity contribution in [2.75, 3.05) is 13.2 Å². The Morgan fingerprint density at radius 1 is 0.310 bits per heavy atom. The lowest BCUT2D eigenvalue weighted by Crippen LogP contribution is -2.45. The Morgan fingerprint density at radius 3 is 0.816 bits per heavy atom. The van der Waals surface area contributed by atoms with Crippen LogP contribution in [0.4, 0.5) is 0 Å². The number of esters is 1. The lowest BCUT2D eigenvalue weighted by molar-refractivity contribution is -0.143. The Hall–Kier alpha value is -1.66. The molecule has 0 aliphatic heterocycles. The summed E-state index contributed by atoms with van der Waals surface area (Å²) in [6.45, 7) is 4.99. The van der Waals surface area contributed by atoms with E-state index in [1.165, 1.54) is 385 Å². The quantitative estimate of drug-likeness (QED) is 0.0320. The highest BCUT2D eigenvalue weighted by atomic mass is 16.5. The zero-order valence-electron chi connectivity index (χ0n) is 59.3. The maximum absolute atomic E-state index is 12.5. The number of unbranched alkanes of at least 4 members (excludes halogenated alkanes) is 61. The predicted molar refractivity (Wildman–Crippen MR) is 384 cm³/mol. The predicted octanol–water partition coefficient (Wildman–Crippen LogP) is 26.4. The number of rotatable bonds is 76. The Labute approximate surface area is 545 Å². The lowest BCUT2D eigenvalue weighted by atomic mass is 10.0. The third-order valence-electron chi connectivity index (χ3n) is 19.0. The van der Waals surface area contributed by atoms with E-state index in [-0.39, 0.29) is 18.5 Å². The summed E-state index contributed by atoms with van der Waals surface area (Å²) >= 11 is 0. The molecule has 2 atom stereocenters. The number of carbonyl (C=O) groups is 2. The van der Waals surface area contributed by atoms with E-state index >= 15 is 0 Å². The van der Waals surface area contributed by atoms with Gasteiger partial charge >= 0.3 is 5.97 Å². The summed E-state index contributed by atoms with van der Waals surface area (Å²) in [5, 5.41) is 23.3. The van der Waals surface area contributed by atoms with Crippen molar-refractivity contribution in [2.45, 2.75) is 469 Å². The fraction of sp³-hybridized carbons (Fsp3) is 0.926. The van der Waals surface area contributed by atoms with E-state index in [9.17, 15) is 19.8 Å². The van der Waals surface area contributed by atoms with Gasteiger partial charge in [-0.25, -0.2) is 0 Å². The average Bonchev–Trinajstić information content (AvgIpc) is 3.54. The van der Waals surface area contributed by atoms with Crippen molar-refractivity contribution >= 4 is 11.9 Å². The largest absolute Gasteiger partial charge is 0.466 e. The molecular formula is C81H157NO5. The average molecular weight is 1230 g/mol. The molecule has 0 aromatic carbocycles. The number of hydrogen-bond donors (Lipinski definition) is 3. The summed E-state index contributed by atoms with van der Waals surface area (Å²) < 4.78 is 5.52. The SMILES string of the molecule is CCCCCCCC/C=C\CCCCCCCCCCCC(=O)OCCCCCCCCCCCCCCCCCCCC/C=C\CCCCCCCCCCCCCCCCCCCC(=O)NC(CO)C(O)CCCCCCCCCCCCCC. The molecule has 1 amide bonds. The van der Waals surface area contributed by atoms with Crippen LogP contribution in [0.2, 0.25) is 0 Å². The minimum atomic E-state index is -0.660. The van der Waals surface area contributed by atoms with Gasteiger partial charge in [0, 0.05) is 12.8 Å². The van der Waals surface area contributed by atoms with Crippen LogP contribution in [0.3, 0.4) is 0 Å². The topological polar surface area (TPSA) is 95.9 Å². The van der Waals surface area contributed by atoms with Gasteiger partial charge in [-0.15, -0.1) is 0 Å². The maximum Gasteiger partial charge on any atom is 0.305 e. The molecule has 0 aliphatic carbocycles. The first-order valence-electron chi connectivity index (χ1n) is 40.1. The van der Waals surface area contributed by atoms with E-state index in [4.69, 9.17) is 4.74 Å². The maximum atomic E-state index is 12.5. The van der Waals surface area contributed by atoms with Crippen LogP contribution >= 0.6 is 0 Å². The van der Waals surface area contributed by atoms with Gasteiger partial charge in [-0.05, 0) is 77.0 Å². The van der Waals surface area contributed by atoms with Crippen molar-refractivity contribution in [3.63, 3.8) is 0 Å². The number of allylic oxidation sites excluding steroid dienone is 4. The van der Waals surface area contributed by atoms with Crippen molar-refractivity contribution in [1.82, 2.24) is 5.32 Å².